The third kappa shape index (κ3) is 5.25. The van der Waals surface area contributed by atoms with Gasteiger partial charge in [0.25, 0.3) is 5.56 Å². The van der Waals surface area contributed by atoms with Crippen molar-refractivity contribution in [3.8, 4) is 5.75 Å². The van der Waals surface area contributed by atoms with Crippen LogP contribution >= 0.6 is 0 Å². The van der Waals surface area contributed by atoms with Gasteiger partial charge in [0, 0.05) is 37.9 Å². The van der Waals surface area contributed by atoms with Gasteiger partial charge in [-0.05, 0) is 34.1 Å². The first-order valence-electron chi connectivity index (χ1n) is 10.4. The van der Waals surface area contributed by atoms with E-state index < -0.39 is 30.3 Å². The lowest BCUT2D eigenvalue weighted by molar-refractivity contribution is -0.148. The molecule has 2 rings (SSSR count). The highest BCUT2D eigenvalue weighted by molar-refractivity contribution is 6.63. The molecule has 0 radical (unpaired) electrons. The fourth-order valence-corrected chi connectivity index (χ4v) is 3.12. The van der Waals surface area contributed by atoms with E-state index >= 15 is 0 Å². The summed E-state index contributed by atoms with van der Waals surface area (Å²) >= 11 is 0. The predicted octanol–water partition coefficient (Wildman–Crippen LogP) is 2.08. The average molecular weight is 423 g/mol. The number of hydrogen-bond acceptors (Lipinski definition) is 7. The Morgan fingerprint density at radius 3 is 2.33 bits per heavy atom. The molecule has 8 nitrogen and oxygen atoms in total. The number of unbranched alkanes of at least 4 members (excludes halogenated alkanes) is 1. The van der Waals surface area contributed by atoms with Crippen molar-refractivity contribution in [2.45, 2.75) is 71.1 Å². The number of rotatable bonds is 10. The van der Waals surface area contributed by atoms with Crippen LogP contribution in [0.15, 0.2) is 17.1 Å². The van der Waals surface area contributed by atoms with Gasteiger partial charge in [0.2, 0.25) is 0 Å². The van der Waals surface area contributed by atoms with Crippen LogP contribution in [0.5, 0.6) is 5.75 Å². The van der Waals surface area contributed by atoms with Crippen LogP contribution in [0.4, 0.5) is 0 Å². The molecule has 168 valence electrons. The Morgan fingerprint density at radius 2 is 1.80 bits per heavy atom. The predicted molar refractivity (Wildman–Crippen MR) is 114 cm³/mol. The van der Waals surface area contributed by atoms with Gasteiger partial charge in [0.15, 0.2) is 0 Å². The minimum Gasteiger partial charge on any atom is -0.496 e. The zero-order chi connectivity index (χ0) is 22.5. The number of pyridine rings is 1. The van der Waals surface area contributed by atoms with Crippen LogP contribution in [0, 0.1) is 0 Å². The first-order chi connectivity index (χ1) is 14.1. The Labute approximate surface area is 178 Å². The number of carbonyl (C=O) groups is 1. The lowest BCUT2D eigenvalue weighted by Gasteiger charge is -2.32. The first-order valence-corrected chi connectivity index (χ1v) is 10.4. The van der Waals surface area contributed by atoms with Gasteiger partial charge in [0.05, 0.1) is 24.9 Å². The largest absolute Gasteiger partial charge is 0.498 e. The second kappa shape index (κ2) is 9.98. The van der Waals surface area contributed by atoms with E-state index in [2.05, 4.69) is 0 Å². The van der Waals surface area contributed by atoms with Crippen molar-refractivity contribution in [2.75, 3.05) is 27.4 Å². The Kier molecular flexibility index (Phi) is 8.13. The summed E-state index contributed by atoms with van der Waals surface area (Å²) in [6.07, 6.45) is 3.50. The highest BCUT2D eigenvalue weighted by Crippen LogP contribution is 2.37. The average Bonchev–Trinajstić information content (AvgIpc) is 2.90. The molecule has 0 spiro atoms. The highest BCUT2D eigenvalue weighted by Gasteiger charge is 2.52. The van der Waals surface area contributed by atoms with Crippen molar-refractivity contribution in [1.29, 1.82) is 0 Å². The highest BCUT2D eigenvalue weighted by atomic mass is 16.7. The zero-order valence-corrected chi connectivity index (χ0v) is 19.1. The molecule has 1 atom stereocenters. The number of hydrogen-bond donors (Lipinski definition) is 0. The van der Waals surface area contributed by atoms with E-state index in [0.29, 0.717) is 30.8 Å². The van der Waals surface area contributed by atoms with Crippen LogP contribution in [0.1, 0.15) is 59.9 Å². The fraction of sp³-hybridized carbons (Fsp3) is 0.714. The Bertz CT molecular complexity index is 774. The van der Waals surface area contributed by atoms with Gasteiger partial charge in [-0.25, -0.2) is 4.79 Å². The van der Waals surface area contributed by atoms with Crippen LogP contribution < -0.4 is 15.8 Å². The second-order valence-corrected chi connectivity index (χ2v) is 8.45. The van der Waals surface area contributed by atoms with Crippen molar-refractivity contribution < 1.29 is 28.3 Å². The summed E-state index contributed by atoms with van der Waals surface area (Å²) in [5, 5.41) is 0. The monoisotopic (exact) mass is 423 g/mol. The van der Waals surface area contributed by atoms with E-state index in [4.69, 9.17) is 23.5 Å². The van der Waals surface area contributed by atoms with Gasteiger partial charge in [-0.1, -0.05) is 13.3 Å². The number of methoxy groups -OCH3 is 2. The maximum Gasteiger partial charge on any atom is 0.498 e. The van der Waals surface area contributed by atoms with Crippen LogP contribution in [0.3, 0.4) is 0 Å². The van der Waals surface area contributed by atoms with Gasteiger partial charge >= 0.3 is 13.1 Å². The number of ether oxygens (including phenoxy) is 3. The lowest BCUT2D eigenvalue weighted by atomic mass is 9.79. The third-order valence-electron chi connectivity index (χ3n) is 5.75. The molecule has 1 saturated heterocycles. The van der Waals surface area contributed by atoms with E-state index in [0.717, 1.165) is 12.8 Å². The summed E-state index contributed by atoms with van der Waals surface area (Å²) in [7, 11) is 2.30. The van der Waals surface area contributed by atoms with Gasteiger partial charge in [-0.2, -0.15) is 0 Å². The second-order valence-electron chi connectivity index (χ2n) is 8.45. The van der Waals surface area contributed by atoms with E-state index in [1.165, 1.54) is 23.9 Å². The SMILES string of the molecule is CCCCOC(=O)C(CCOC)n1cc(OC)c(B2OC(C)(C)C(C)(C)O2)cc1=O. The Hall–Kier alpha value is -1.84. The van der Waals surface area contributed by atoms with Gasteiger partial charge in [-0.15, -0.1) is 0 Å². The molecule has 30 heavy (non-hydrogen) atoms. The van der Waals surface area contributed by atoms with Crippen LogP contribution in [0.25, 0.3) is 0 Å². The smallest absolute Gasteiger partial charge is 0.496 e. The van der Waals surface area contributed by atoms with Gasteiger partial charge in [-0.3, -0.25) is 9.36 Å². The molecular formula is C21H34BNO7. The molecule has 0 saturated carbocycles. The molecule has 0 N–H and O–H groups in total. The summed E-state index contributed by atoms with van der Waals surface area (Å²) in [6.45, 7) is 10.4. The number of nitrogens with zero attached hydrogens (tertiary/aromatic N) is 1. The Morgan fingerprint density at radius 1 is 1.17 bits per heavy atom. The molecule has 1 unspecified atom stereocenters. The molecule has 1 aromatic heterocycles. The maximum absolute atomic E-state index is 13.0. The van der Waals surface area contributed by atoms with Gasteiger partial charge < -0.3 is 23.5 Å². The zero-order valence-electron chi connectivity index (χ0n) is 19.1. The topological polar surface area (TPSA) is 85.2 Å². The lowest BCUT2D eigenvalue weighted by Crippen LogP contribution is -2.41. The molecule has 2 heterocycles. The van der Waals surface area contributed by atoms with E-state index in [1.54, 1.807) is 7.11 Å². The van der Waals surface area contributed by atoms with Gasteiger partial charge in [0.1, 0.15) is 11.8 Å². The fourth-order valence-electron chi connectivity index (χ4n) is 3.12. The summed E-state index contributed by atoms with van der Waals surface area (Å²) in [5.41, 5.74) is -0.986. The van der Waals surface area contributed by atoms with Crippen LogP contribution in [-0.2, 0) is 23.6 Å². The van der Waals surface area contributed by atoms with Crippen molar-refractivity contribution >= 4 is 18.6 Å². The summed E-state index contributed by atoms with van der Waals surface area (Å²) in [5.74, 6) is -0.0649. The molecule has 1 aliphatic heterocycles. The Balaban J connectivity index is 2.38. The summed E-state index contributed by atoms with van der Waals surface area (Å²) < 4.78 is 29.5. The maximum atomic E-state index is 13.0. The molecule has 0 bridgehead atoms. The minimum absolute atomic E-state index is 0.306. The summed E-state index contributed by atoms with van der Waals surface area (Å²) in [6, 6.07) is 0.593. The normalized spacial score (nSPS) is 18.3. The number of esters is 1. The standard InChI is InChI=1S/C21H34BNO7/c1-8-9-11-28-19(25)16(10-12-26-6)23-14-17(27-7)15(13-18(23)24)22-29-20(2,3)21(4,5)30-22/h13-14,16H,8-12H2,1-7H3. The third-order valence-corrected chi connectivity index (χ3v) is 5.75. The van der Waals surface area contributed by atoms with Crippen LogP contribution in [-0.4, -0.2) is 56.3 Å². The summed E-state index contributed by atoms with van der Waals surface area (Å²) in [4.78, 5) is 25.6. The quantitative estimate of drug-likeness (QED) is 0.324. The molecule has 0 aliphatic carbocycles. The van der Waals surface area contributed by atoms with Crippen molar-refractivity contribution in [2.24, 2.45) is 0 Å². The molecule has 0 aromatic carbocycles. The molecular weight excluding hydrogens is 389 g/mol. The van der Waals surface area contributed by atoms with Crippen molar-refractivity contribution in [3.05, 3.63) is 22.6 Å². The van der Waals surface area contributed by atoms with Crippen LogP contribution in [0.2, 0.25) is 0 Å². The molecule has 1 fully saturated rings. The molecule has 1 aliphatic rings. The van der Waals surface area contributed by atoms with E-state index in [9.17, 15) is 9.59 Å². The van der Waals surface area contributed by atoms with Crippen molar-refractivity contribution in [3.63, 3.8) is 0 Å². The number of carbonyl (C=O) groups excluding carboxylic acids is 1. The van der Waals surface area contributed by atoms with E-state index in [1.807, 2.05) is 34.6 Å². The number of aromatic nitrogens is 1. The van der Waals surface area contributed by atoms with Crippen molar-refractivity contribution in [1.82, 2.24) is 4.57 Å². The molecule has 0 amide bonds. The first kappa shape index (κ1) is 24.4. The molecule has 1 aromatic rings. The van der Waals surface area contributed by atoms with E-state index in [-0.39, 0.29) is 5.56 Å². The minimum atomic E-state index is -0.810. The molecule has 9 heteroatoms.